The van der Waals surface area contributed by atoms with Crippen molar-refractivity contribution in [2.75, 3.05) is 12.4 Å². The minimum absolute atomic E-state index is 0.295. The molecule has 2 rings (SSSR count). The second-order valence-corrected chi connectivity index (χ2v) is 4.50. The van der Waals surface area contributed by atoms with E-state index in [2.05, 4.69) is 10.3 Å². The van der Waals surface area contributed by atoms with Crippen LogP contribution in [0.15, 0.2) is 12.1 Å². The Morgan fingerprint density at radius 2 is 2.31 bits per heavy atom. The number of anilines is 1. The SMILES string of the molecule is CCc1nc2c(NC)cc(C(=O)O)cc2s1. The third-order valence-corrected chi connectivity index (χ3v) is 3.50. The van der Waals surface area contributed by atoms with Crippen molar-refractivity contribution in [2.45, 2.75) is 13.3 Å². The fourth-order valence-corrected chi connectivity index (χ4v) is 2.51. The van der Waals surface area contributed by atoms with E-state index in [-0.39, 0.29) is 0 Å². The summed E-state index contributed by atoms with van der Waals surface area (Å²) in [6.07, 6.45) is 0.866. The van der Waals surface area contributed by atoms with Crippen LogP contribution in [0.1, 0.15) is 22.3 Å². The summed E-state index contributed by atoms with van der Waals surface area (Å²) in [7, 11) is 1.77. The van der Waals surface area contributed by atoms with Crippen molar-refractivity contribution in [3.05, 3.63) is 22.7 Å². The van der Waals surface area contributed by atoms with Gasteiger partial charge in [0.05, 0.1) is 21.0 Å². The highest BCUT2D eigenvalue weighted by Gasteiger charge is 2.12. The number of nitrogens with zero attached hydrogens (tertiary/aromatic N) is 1. The molecule has 84 valence electrons. The number of carboxylic acid groups (broad SMARTS) is 1. The van der Waals surface area contributed by atoms with Crippen LogP contribution >= 0.6 is 11.3 Å². The van der Waals surface area contributed by atoms with Crippen molar-refractivity contribution in [1.29, 1.82) is 0 Å². The average Bonchev–Trinajstić information content (AvgIpc) is 2.70. The minimum Gasteiger partial charge on any atom is -0.478 e. The molecule has 0 bridgehead atoms. The quantitative estimate of drug-likeness (QED) is 0.859. The maximum atomic E-state index is 10.9. The maximum absolute atomic E-state index is 10.9. The summed E-state index contributed by atoms with van der Waals surface area (Å²) < 4.78 is 0.918. The molecule has 0 saturated carbocycles. The standard InChI is InChI=1S/C11H12N2O2S/c1-3-9-13-10-7(12-2)4-6(11(14)15)5-8(10)16-9/h4-5,12H,3H2,1-2H3,(H,14,15). The predicted octanol–water partition coefficient (Wildman–Crippen LogP) is 2.60. The number of benzene rings is 1. The first-order valence-electron chi connectivity index (χ1n) is 5.00. The molecule has 0 aliphatic carbocycles. The van der Waals surface area contributed by atoms with Gasteiger partial charge >= 0.3 is 5.97 Å². The number of hydrogen-bond donors (Lipinski definition) is 2. The molecule has 0 aliphatic heterocycles. The highest BCUT2D eigenvalue weighted by atomic mass is 32.1. The summed E-state index contributed by atoms with van der Waals surface area (Å²) in [5, 5.41) is 13.0. The number of nitrogens with one attached hydrogen (secondary N) is 1. The van der Waals surface area contributed by atoms with Gasteiger partial charge in [0, 0.05) is 7.05 Å². The number of carbonyl (C=O) groups is 1. The van der Waals surface area contributed by atoms with Gasteiger partial charge in [-0.1, -0.05) is 6.92 Å². The Morgan fingerprint density at radius 1 is 1.56 bits per heavy atom. The second kappa shape index (κ2) is 4.09. The molecule has 0 amide bonds. The number of carboxylic acids is 1. The first-order valence-corrected chi connectivity index (χ1v) is 5.82. The van der Waals surface area contributed by atoms with Crippen molar-refractivity contribution in [3.8, 4) is 0 Å². The highest BCUT2D eigenvalue weighted by molar-refractivity contribution is 7.18. The Bertz CT molecular complexity index is 548. The Morgan fingerprint density at radius 3 is 2.88 bits per heavy atom. The number of aromatic nitrogens is 1. The van der Waals surface area contributed by atoms with Crippen molar-refractivity contribution >= 4 is 33.2 Å². The van der Waals surface area contributed by atoms with Gasteiger partial charge in [-0.15, -0.1) is 11.3 Å². The number of fused-ring (bicyclic) bond motifs is 1. The second-order valence-electron chi connectivity index (χ2n) is 3.39. The molecular formula is C11H12N2O2S. The smallest absolute Gasteiger partial charge is 0.335 e. The summed E-state index contributed by atoms with van der Waals surface area (Å²) in [5.74, 6) is -0.912. The Kier molecular flexibility index (Phi) is 2.78. The number of aryl methyl sites for hydroxylation is 1. The van der Waals surface area contributed by atoms with Gasteiger partial charge in [0.15, 0.2) is 0 Å². The van der Waals surface area contributed by atoms with E-state index in [1.54, 1.807) is 30.5 Å². The van der Waals surface area contributed by atoms with Crippen LogP contribution in [0.2, 0.25) is 0 Å². The van der Waals surface area contributed by atoms with Crippen LogP contribution in [-0.4, -0.2) is 23.1 Å². The van der Waals surface area contributed by atoms with E-state index in [0.717, 1.165) is 27.3 Å². The van der Waals surface area contributed by atoms with Crippen LogP contribution in [0, 0.1) is 0 Å². The minimum atomic E-state index is -0.912. The lowest BCUT2D eigenvalue weighted by atomic mass is 10.2. The average molecular weight is 236 g/mol. The van der Waals surface area contributed by atoms with E-state index < -0.39 is 5.97 Å². The molecule has 0 unspecified atom stereocenters. The van der Waals surface area contributed by atoms with Crippen LogP contribution in [0.5, 0.6) is 0 Å². The third kappa shape index (κ3) is 1.74. The van der Waals surface area contributed by atoms with Crippen LogP contribution in [0.3, 0.4) is 0 Å². The zero-order valence-electron chi connectivity index (χ0n) is 9.07. The Hall–Kier alpha value is -1.62. The summed E-state index contributed by atoms with van der Waals surface area (Å²) in [4.78, 5) is 15.4. The van der Waals surface area contributed by atoms with Crippen LogP contribution in [0.25, 0.3) is 10.2 Å². The monoisotopic (exact) mass is 236 g/mol. The fraction of sp³-hybridized carbons (Fsp3) is 0.273. The third-order valence-electron chi connectivity index (χ3n) is 2.36. The van der Waals surface area contributed by atoms with E-state index in [1.807, 2.05) is 6.92 Å². The van der Waals surface area contributed by atoms with Crippen LogP contribution in [0.4, 0.5) is 5.69 Å². The van der Waals surface area contributed by atoms with Gasteiger partial charge in [-0.2, -0.15) is 0 Å². The van der Waals surface area contributed by atoms with E-state index in [1.165, 1.54) is 0 Å². The van der Waals surface area contributed by atoms with Gasteiger partial charge in [0.1, 0.15) is 5.52 Å². The molecule has 0 spiro atoms. The molecule has 4 nitrogen and oxygen atoms in total. The molecule has 2 aromatic rings. The van der Waals surface area contributed by atoms with Gasteiger partial charge in [-0.05, 0) is 18.6 Å². The number of rotatable bonds is 3. The van der Waals surface area contributed by atoms with Crippen molar-refractivity contribution in [1.82, 2.24) is 4.98 Å². The normalized spacial score (nSPS) is 10.6. The number of thiazole rings is 1. The predicted molar refractivity (Wildman–Crippen MR) is 65.5 cm³/mol. The van der Waals surface area contributed by atoms with Crippen molar-refractivity contribution in [2.24, 2.45) is 0 Å². The molecule has 2 N–H and O–H groups in total. The van der Waals surface area contributed by atoms with E-state index in [0.29, 0.717) is 5.56 Å². The first-order chi connectivity index (χ1) is 7.65. The first kappa shape index (κ1) is 10.9. The zero-order valence-corrected chi connectivity index (χ0v) is 9.89. The van der Waals surface area contributed by atoms with Crippen molar-refractivity contribution < 1.29 is 9.90 Å². The van der Waals surface area contributed by atoms with Gasteiger partial charge in [0.25, 0.3) is 0 Å². The molecule has 1 aromatic heterocycles. The molecule has 16 heavy (non-hydrogen) atoms. The molecule has 0 atom stereocenters. The van der Waals surface area contributed by atoms with E-state index in [4.69, 9.17) is 5.11 Å². The molecule has 0 fully saturated rings. The van der Waals surface area contributed by atoms with E-state index in [9.17, 15) is 4.79 Å². The lowest BCUT2D eigenvalue weighted by molar-refractivity contribution is 0.0697. The lowest BCUT2D eigenvalue weighted by Crippen LogP contribution is -1.98. The summed E-state index contributed by atoms with van der Waals surface area (Å²) in [6, 6.07) is 3.29. The summed E-state index contributed by atoms with van der Waals surface area (Å²) in [6.45, 7) is 2.04. The largest absolute Gasteiger partial charge is 0.478 e. The molecule has 0 aliphatic rings. The molecule has 5 heteroatoms. The Balaban J connectivity index is 2.70. The summed E-state index contributed by atoms with van der Waals surface area (Å²) >= 11 is 1.54. The van der Waals surface area contributed by atoms with Gasteiger partial charge in [-0.25, -0.2) is 9.78 Å². The van der Waals surface area contributed by atoms with Crippen LogP contribution < -0.4 is 5.32 Å². The fourth-order valence-electron chi connectivity index (χ4n) is 1.54. The maximum Gasteiger partial charge on any atom is 0.335 e. The number of hydrogen-bond acceptors (Lipinski definition) is 4. The highest BCUT2D eigenvalue weighted by Crippen LogP contribution is 2.30. The van der Waals surface area contributed by atoms with Gasteiger partial charge < -0.3 is 10.4 Å². The molecule has 1 aromatic carbocycles. The van der Waals surface area contributed by atoms with Gasteiger partial charge in [-0.3, -0.25) is 0 Å². The molecule has 0 radical (unpaired) electrons. The zero-order chi connectivity index (χ0) is 11.7. The van der Waals surface area contributed by atoms with Crippen molar-refractivity contribution in [3.63, 3.8) is 0 Å². The van der Waals surface area contributed by atoms with E-state index >= 15 is 0 Å². The molecule has 0 saturated heterocycles. The topological polar surface area (TPSA) is 62.2 Å². The van der Waals surface area contributed by atoms with Gasteiger partial charge in [0.2, 0.25) is 0 Å². The molecule has 1 heterocycles. The summed E-state index contributed by atoms with van der Waals surface area (Å²) in [5.41, 5.74) is 1.92. The lowest BCUT2D eigenvalue weighted by Gasteiger charge is -2.02. The van der Waals surface area contributed by atoms with Crippen LogP contribution in [-0.2, 0) is 6.42 Å². The number of aromatic carboxylic acids is 1. The Labute approximate surface area is 96.9 Å². The molecular weight excluding hydrogens is 224 g/mol.